The average molecular weight is 502 g/mol. The fraction of sp³-hybridized carbons (Fsp3) is 0.276. The van der Waals surface area contributed by atoms with E-state index in [0.29, 0.717) is 5.75 Å². The van der Waals surface area contributed by atoms with Crippen molar-refractivity contribution < 1.29 is 29.3 Å². The molecule has 1 N–H and O–H groups in total. The Hall–Kier alpha value is -4.33. The molecular weight excluding hydrogens is 472 g/mol. The van der Waals surface area contributed by atoms with Crippen molar-refractivity contribution in [2.45, 2.75) is 31.3 Å². The van der Waals surface area contributed by atoms with Gasteiger partial charge in [-0.25, -0.2) is 4.79 Å². The van der Waals surface area contributed by atoms with Gasteiger partial charge in [-0.15, -0.1) is 0 Å². The zero-order valence-electron chi connectivity index (χ0n) is 21.0. The molecule has 2 atom stereocenters. The summed E-state index contributed by atoms with van der Waals surface area (Å²) in [4.78, 5) is 29.8. The quantitative estimate of drug-likeness (QED) is 0.356. The van der Waals surface area contributed by atoms with Gasteiger partial charge in [0.1, 0.15) is 23.9 Å². The molecule has 1 aliphatic rings. The minimum absolute atomic E-state index is 0.0706. The molecule has 0 unspecified atom stereocenters. The summed E-state index contributed by atoms with van der Waals surface area (Å²) in [5, 5.41) is 22.2. The van der Waals surface area contributed by atoms with Crippen LogP contribution in [0.4, 0.5) is 0 Å². The molecule has 0 heterocycles. The molecule has 3 aromatic rings. The van der Waals surface area contributed by atoms with Crippen LogP contribution < -0.4 is 9.84 Å². The molecule has 37 heavy (non-hydrogen) atoms. The van der Waals surface area contributed by atoms with Gasteiger partial charge in [-0.1, -0.05) is 60.7 Å². The maximum Gasteiger partial charge on any atom is 0.326 e. The number of benzene rings is 3. The number of methoxy groups -OCH3 is 1. The standard InChI is InChI=1S/C29H30N2O6/c1-18(28(33)34)31(2)27(32)26(16-19-12-14-20(36-3)15-13-19)30-29(35)37-17-25-23-10-6-4-8-21(23)22-9-5-7-11-24(22)25/h4-15,18,25-26H,16-17H2,1-3H3,(H,30,35)(H,33,34)/p-1/t18-,26+/m0/s1. The van der Waals surface area contributed by atoms with Crippen molar-refractivity contribution >= 4 is 18.0 Å². The van der Waals surface area contributed by atoms with Crippen LogP contribution in [0.3, 0.4) is 0 Å². The summed E-state index contributed by atoms with van der Waals surface area (Å²) in [5.74, 6) is -1.23. The number of ether oxygens (including phenoxy) is 2. The first-order chi connectivity index (χ1) is 17.8. The van der Waals surface area contributed by atoms with Crippen LogP contribution in [0.1, 0.15) is 29.5 Å². The molecule has 4 rings (SSSR count). The number of hydrogen-bond acceptors (Lipinski definition) is 6. The number of carboxylic acid groups (broad SMARTS) is 1. The van der Waals surface area contributed by atoms with Crippen molar-refractivity contribution in [3.63, 3.8) is 0 Å². The van der Waals surface area contributed by atoms with Gasteiger partial charge in [0, 0.05) is 26.0 Å². The normalized spacial score (nSPS) is 14.3. The van der Waals surface area contributed by atoms with E-state index in [1.807, 2.05) is 48.5 Å². The zero-order valence-corrected chi connectivity index (χ0v) is 21.0. The Labute approximate surface area is 215 Å². The molecule has 192 valence electrons. The van der Waals surface area contributed by atoms with Crippen molar-refractivity contribution in [1.29, 1.82) is 0 Å². The lowest BCUT2D eigenvalue weighted by molar-refractivity contribution is -0.251. The summed E-state index contributed by atoms with van der Waals surface area (Å²) >= 11 is 0. The Balaban J connectivity index is 1.55. The highest BCUT2D eigenvalue weighted by Crippen LogP contribution is 2.44. The highest BCUT2D eigenvalue weighted by Gasteiger charge is 2.29. The average Bonchev–Trinajstić information content (AvgIpc) is 3.24. The fourth-order valence-corrected chi connectivity index (χ4v) is 4.52. The van der Waals surface area contributed by atoms with E-state index in [0.717, 1.165) is 32.7 Å². The molecule has 0 aromatic heterocycles. The van der Waals surface area contributed by atoms with E-state index in [2.05, 4.69) is 4.99 Å². The first-order valence-electron chi connectivity index (χ1n) is 12.0. The second-order valence-electron chi connectivity index (χ2n) is 8.96. The van der Waals surface area contributed by atoms with Gasteiger partial charge in [-0.3, -0.25) is 9.79 Å². The van der Waals surface area contributed by atoms with Crippen LogP contribution in [-0.4, -0.2) is 60.8 Å². The molecule has 0 spiro atoms. The monoisotopic (exact) mass is 501 g/mol. The number of likely N-dealkylation sites (N-methyl/N-ethyl adjacent to an activating group) is 1. The Morgan fingerprint density at radius 3 is 2.11 bits per heavy atom. The van der Waals surface area contributed by atoms with Crippen molar-refractivity contribution in [2.24, 2.45) is 4.99 Å². The van der Waals surface area contributed by atoms with E-state index in [-0.39, 0.29) is 18.9 Å². The fourth-order valence-electron chi connectivity index (χ4n) is 4.52. The van der Waals surface area contributed by atoms with E-state index in [4.69, 9.17) is 9.47 Å². The number of carbonyl (C=O) groups excluding carboxylic acids is 1. The summed E-state index contributed by atoms with van der Waals surface area (Å²) in [5.41, 5.74) is 5.08. The van der Waals surface area contributed by atoms with Gasteiger partial charge in [0.2, 0.25) is 5.91 Å². The number of carboxylic acids is 1. The van der Waals surface area contributed by atoms with Crippen LogP contribution in [0.2, 0.25) is 0 Å². The van der Waals surface area contributed by atoms with Gasteiger partial charge >= 0.3 is 5.97 Å². The third-order valence-corrected chi connectivity index (χ3v) is 6.76. The number of hydrogen-bond donors (Lipinski definition) is 1. The van der Waals surface area contributed by atoms with Gasteiger partial charge in [0.05, 0.1) is 7.11 Å². The highest BCUT2D eigenvalue weighted by atomic mass is 16.6. The molecule has 0 aliphatic heterocycles. The van der Waals surface area contributed by atoms with Gasteiger partial charge in [0.15, 0.2) is 0 Å². The van der Waals surface area contributed by atoms with E-state index >= 15 is 0 Å². The first-order valence-corrected chi connectivity index (χ1v) is 12.0. The van der Waals surface area contributed by atoms with Crippen molar-refractivity contribution in [3.8, 4) is 16.9 Å². The minimum Gasteiger partial charge on any atom is -0.599 e. The van der Waals surface area contributed by atoms with Gasteiger partial charge in [-0.2, -0.15) is 0 Å². The predicted molar refractivity (Wildman–Crippen MR) is 137 cm³/mol. The second kappa shape index (κ2) is 11.2. The Morgan fingerprint density at radius 1 is 1.00 bits per heavy atom. The second-order valence-corrected chi connectivity index (χ2v) is 8.96. The van der Waals surface area contributed by atoms with E-state index < -0.39 is 30.0 Å². The molecule has 0 fully saturated rings. The molecule has 1 amide bonds. The lowest BCUT2D eigenvalue weighted by Crippen LogP contribution is -2.46. The van der Waals surface area contributed by atoms with Crippen molar-refractivity contribution in [3.05, 3.63) is 89.5 Å². The number of fused-ring (bicyclic) bond motifs is 3. The smallest absolute Gasteiger partial charge is 0.326 e. The number of aliphatic imine (C=N–C) groups is 1. The van der Waals surface area contributed by atoms with Crippen LogP contribution in [0.5, 0.6) is 5.75 Å². The number of carbonyl (C=O) groups is 2. The lowest BCUT2D eigenvalue weighted by Gasteiger charge is -2.27. The van der Waals surface area contributed by atoms with E-state index in [1.165, 1.54) is 14.0 Å². The number of aliphatic carboxylic acids is 1. The molecule has 1 aliphatic carbocycles. The topological polar surface area (TPSA) is 111 Å². The van der Waals surface area contributed by atoms with E-state index in [1.54, 1.807) is 31.4 Å². The zero-order chi connectivity index (χ0) is 26.5. The van der Waals surface area contributed by atoms with Crippen LogP contribution in [0.15, 0.2) is 77.8 Å². The largest absolute Gasteiger partial charge is 0.599 e. The molecule has 0 radical (unpaired) electrons. The summed E-state index contributed by atoms with van der Waals surface area (Å²) in [6.45, 7) is 1.47. The van der Waals surface area contributed by atoms with Crippen LogP contribution in [0.25, 0.3) is 11.1 Å². The predicted octanol–water partition coefficient (Wildman–Crippen LogP) is 3.08. The third kappa shape index (κ3) is 5.58. The lowest BCUT2D eigenvalue weighted by atomic mass is 9.98. The van der Waals surface area contributed by atoms with Crippen LogP contribution >= 0.6 is 0 Å². The number of nitrogens with zero attached hydrogens (tertiary/aromatic N) is 2. The summed E-state index contributed by atoms with van der Waals surface area (Å²) in [6.07, 6.45) is -0.769. The van der Waals surface area contributed by atoms with Crippen molar-refractivity contribution in [1.82, 2.24) is 4.90 Å². The first kappa shape index (κ1) is 25.8. The summed E-state index contributed by atoms with van der Waals surface area (Å²) in [6, 6.07) is 20.8. The minimum atomic E-state index is -1.15. The number of rotatable bonds is 9. The van der Waals surface area contributed by atoms with Crippen LogP contribution in [0, 0.1) is 0 Å². The summed E-state index contributed by atoms with van der Waals surface area (Å²) < 4.78 is 10.7. The molecule has 0 saturated heterocycles. The van der Waals surface area contributed by atoms with Gasteiger partial charge < -0.3 is 24.6 Å². The third-order valence-electron chi connectivity index (χ3n) is 6.76. The molecular formula is C29H29N2O6-. The Morgan fingerprint density at radius 2 is 1.57 bits per heavy atom. The van der Waals surface area contributed by atoms with Gasteiger partial charge in [0.25, 0.3) is 0 Å². The maximum atomic E-state index is 13.2. The van der Waals surface area contributed by atoms with Crippen molar-refractivity contribution in [2.75, 3.05) is 20.8 Å². The van der Waals surface area contributed by atoms with E-state index in [9.17, 15) is 19.8 Å². The van der Waals surface area contributed by atoms with Gasteiger partial charge in [-0.05, 0) is 46.9 Å². The maximum absolute atomic E-state index is 13.2. The molecule has 3 aromatic carbocycles. The SMILES string of the molecule is COc1ccc(C[C@@H](N=C([O-])OCC2c3ccccc3-c3ccccc32)C(=O)N(C)[C@@H](C)C(=O)O)cc1. The Kier molecular flexibility index (Phi) is 7.77. The molecule has 8 heteroatoms. The summed E-state index contributed by atoms with van der Waals surface area (Å²) in [7, 11) is 2.94. The molecule has 8 nitrogen and oxygen atoms in total. The highest BCUT2D eigenvalue weighted by molar-refractivity contribution is 5.88. The molecule has 0 bridgehead atoms. The molecule has 0 saturated carbocycles. The van der Waals surface area contributed by atoms with Crippen LogP contribution in [-0.2, 0) is 20.7 Å². The number of amides is 1. The Bertz CT molecular complexity index is 1260.